The number of rotatable bonds is 7. The van der Waals surface area contributed by atoms with Crippen LogP contribution in [-0.2, 0) is 0 Å². The molecule has 3 aromatic rings. The van der Waals surface area contributed by atoms with Gasteiger partial charge in [0, 0.05) is 29.7 Å². The first kappa shape index (κ1) is 33.5. The molecule has 1 aliphatic carbocycles. The number of alkyl halides is 3. The number of nitrogens with one attached hydrogen (secondary N) is 1. The van der Waals surface area contributed by atoms with E-state index in [4.69, 9.17) is 4.74 Å². The number of aryl methyl sites for hydroxylation is 1. The molecule has 0 unspecified atom stereocenters. The lowest BCUT2D eigenvalue weighted by Crippen LogP contribution is -2.13. The third-order valence-electron chi connectivity index (χ3n) is 5.60. The molecule has 5 nitrogen and oxygen atoms in total. The van der Waals surface area contributed by atoms with Gasteiger partial charge in [-0.2, -0.15) is 13.2 Å². The summed E-state index contributed by atoms with van der Waals surface area (Å²) in [6.45, 7) is 11.0. The maximum atomic E-state index is 12.4. The van der Waals surface area contributed by atoms with Gasteiger partial charge in [0.15, 0.2) is 0 Å². The Morgan fingerprint density at radius 1 is 1.07 bits per heavy atom. The Balaban J connectivity index is 0.000000311. The summed E-state index contributed by atoms with van der Waals surface area (Å²) in [5, 5.41) is 2.79. The summed E-state index contributed by atoms with van der Waals surface area (Å²) in [4.78, 5) is 20.4. The van der Waals surface area contributed by atoms with Crippen LogP contribution in [-0.4, -0.2) is 28.7 Å². The summed E-state index contributed by atoms with van der Waals surface area (Å²) >= 11 is 0. The van der Waals surface area contributed by atoms with Gasteiger partial charge in [0.25, 0.3) is 5.91 Å². The lowest BCUT2D eigenvalue weighted by atomic mass is 10.1. The van der Waals surface area contributed by atoms with Gasteiger partial charge in [-0.15, -0.1) is 0 Å². The molecule has 4 rings (SSSR count). The molecular weight excluding hydrogens is 539 g/mol. The minimum absolute atomic E-state index is 0.209. The number of ether oxygens (including phenoxy) is 1. The fourth-order valence-corrected chi connectivity index (χ4v) is 3.33. The number of carbonyl (C=O) groups is 1. The van der Waals surface area contributed by atoms with E-state index in [2.05, 4.69) is 34.0 Å². The molecule has 8 heteroatoms. The zero-order valence-electron chi connectivity index (χ0n) is 24.3. The first-order valence-electron chi connectivity index (χ1n) is 13.5. The van der Waals surface area contributed by atoms with Crippen LogP contribution in [0.3, 0.4) is 0 Å². The van der Waals surface area contributed by atoms with Crippen molar-refractivity contribution < 1.29 is 22.7 Å². The second-order valence-corrected chi connectivity index (χ2v) is 8.89. The minimum atomic E-state index is -4.30. The van der Waals surface area contributed by atoms with E-state index in [9.17, 15) is 18.0 Å². The van der Waals surface area contributed by atoms with Crippen molar-refractivity contribution in [3.05, 3.63) is 138 Å². The van der Waals surface area contributed by atoms with Crippen LogP contribution in [0, 0.1) is 6.92 Å². The van der Waals surface area contributed by atoms with Gasteiger partial charge in [0.1, 0.15) is 18.2 Å². The lowest BCUT2D eigenvalue weighted by Gasteiger charge is -2.09. The molecule has 0 saturated heterocycles. The maximum Gasteiger partial charge on any atom is 0.412 e. The molecule has 0 spiro atoms. The van der Waals surface area contributed by atoms with Gasteiger partial charge >= 0.3 is 6.18 Å². The van der Waals surface area contributed by atoms with Crippen LogP contribution in [0.25, 0.3) is 5.57 Å². The van der Waals surface area contributed by atoms with E-state index in [0.717, 1.165) is 30.6 Å². The van der Waals surface area contributed by atoms with E-state index in [1.54, 1.807) is 42.7 Å². The molecule has 0 saturated carbocycles. The molecule has 0 radical (unpaired) electrons. The minimum Gasteiger partial charge on any atom is -0.489 e. The van der Waals surface area contributed by atoms with Gasteiger partial charge in [-0.05, 0) is 78.9 Å². The zero-order chi connectivity index (χ0) is 31.0. The van der Waals surface area contributed by atoms with Crippen LogP contribution in [0.1, 0.15) is 48.7 Å². The summed E-state index contributed by atoms with van der Waals surface area (Å²) < 4.78 is 42.4. The summed E-state index contributed by atoms with van der Waals surface area (Å²) in [7, 11) is 0. The molecule has 0 atom stereocenters. The van der Waals surface area contributed by atoms with Crippen molar-refractivity contribution in [3.8, 4) is 5.75 Å². The summed E-state index contributed by atoms with van der Waals surface area (Å²) in [6.07, 6.45) is 12.6. The van der Waals surface area contributed by atoms with Gasteiger partial charge in [-0.3, -0.25) is 9.78 Å². The average Bonchev–Trinajstić information content (AvgIpc) is 3.28. The van der Waals surface area contributed by atoms with E-state index in [0.29, 0.717) is 34.9 Å². The molecule has 1 aromatic carbocycles. The van der Waals surface area contributed by atoms with Crippen molar-refractivity contribution in [1.29, 1.82) is 0 Å². The molecular formula is C34H36F3N3O2. The third kappa shape index (κ3) is 11.8. The van der Waals surface area contributed by atoms with Gasteiger partial charge in [-0.25, -0.2) is 4.98 Å². The molecule has 0 fully saturated rings. The fraction of sp³-hybridized carbons (Fsp3) is 0.206. The number of pyridine rings is 2. The average molecular weight is 576 g/mol. The predicted octanol–water partition coefficient (Wildman–Crippen LogP) is 9.09. The molecule has 0 aliphatic heterocycles. The Bertz CT molecular complexity index is 1420. The normalized spacial score (nSPS) is 12.5. The number of aromatic nitrogens is 2. The van der Waals surface area contributed by atoms with Crippen molar-refractivity contribution in [2.45, 2.75) is 40.3 Å². The van der Waals surface area contributed by atoms with Gasteiger partial charge < -0.3 is 10.1 Å². The molecule has 2 heterocycles. The van der Waals surface area contributed by atoms with Crippen LogP contribution in [0.4, 0.5) is 19.0 Å². The maximum absolute atomic E-state index is 12.4. The van der Waals surface area contributed by atoms with E-state index in [-0.39, 0.29) is 5.91 Å². The van der Waals surface area contributed by atoms with E-state index in [1.807, 2.05) is 57.2 Å². The summed E-state index contributed by atoms with van der Waals surface area (Å²) in [6, 6.07) is 14.2. The Morgan fingerprint density at radius 3 is 2.50 bits per heavy atom. The fourth-order valence-electron chi connectivity index (χ4n) is 3.33. The Hall–Kier alpha value is -4.72. The predicted molar refractivity (Wildman–Crippen MR) is 164 cm³/mol. The molecule has 220 valence electrons. The second kappa shape index (κ2) is 17.2. The highest BCUT2D eigenvalue weighted by molar-refractivity contribution is 6.04. The van der Waals surface area contributed by atoms with Gasteiger partial charge in [-0.1, -0.05) is 69.0 Å². The van der Waals surface area contributed by atoms with Crippen molar-refractivity contribution in [2.75, 3.05) is 11.9 Å². The molecule has 1 amide bonds. The largest absolute Gasteiger partial charge is 0.489 e. The number of carbonyl (C=O) groups excluding carboxylic acids is 1. The second-order valence-electron chi connectivity index (χ2n) is 8.89. The van der Waals surface area contributed by atoms with Gasteiger partial charge in [0.05, 0.1) is 0 Å². The number of nitrogens with zero attached hydrogens (tertiary/aromatic N) is 2. The topological polar surface area (TPSA) is 64.1 Å². The Kier molecular flexibility index (Phi) is 13.7. The highest BCUT2D eigenvalue weighted by Gasteiger charge is 2.29. The van der Waals surface area contributed by atoms with E-state index < -0.39 is 11.7 Å². The van der Waals surface area contributed by atoms with Crippen molar-refractivity contribution in [3.63, 3.8) is 0 Å². The van der Waals surface area contributed by atoms with Crippen LogP contribution >= 0.6 is 0 Å². The first-order valence-corrected chi connectivity index (χ1v) is 13.5. The third-order valence-corrected chi connectivity index (χ3v) is 5.60. The number of allylic oxidation sites excluding steroid dienone is 7. The number of amides is 1. The Morgan fingerprint density at radius 2 is 1.83 bits per heavy atom. The molecule has 1 aliphatic rings. The number of hydrogen-bond acceptors (Lipinski definition) is 4. The number of anilines is 1. The standard InChI is InChI=1S/C21H20N2O2.C11H10F3N.C2H6/c1-16-11-12-20(22-14-16)23-21(24)18-9-6-10-19(13-18)25-15-17-7-4-2-3-5-8-17;1-8(6-9(2)11(12,13)14)10-4-3-5-15-7-10;1-2/h2-4,6-14H,5,15H2,1H3,(H,22,23,24);3-7H,1H2,2H3;1-2H3/b;9-6+;. The lowest BCUT2D eigenvalue weighted by molar-refractivity contribution is -0.0912. The molecule has 1 N–H and O–H groups in total. The number of hydrogen-bond donors (Lipinski definition) is 1. The summed E-state index contributed by atoms with van der Waals surface area (Å²) in [5.41, 5.74) is 2.91. The van der Waals surface area contributed by atoms with E-state index in [1.165, 1.54) is 6.20 Å². The van der Waals surface area contributed by atoms with Crippen molar-refractivity contribution in [1.82, 2.24) is 9.97 Å². The number of halogens is 3. The zero-order valence-corrected chi connectivity index (χ0v) is 24.3. The SMILES string of the molecule is C=C(/C=C(\C)C(F)(F)F)c1cccnc1.CC.Cc1ccc(NC(=O)c2cccc(OCC3=CCC=CC=C3)c2)nc1. The molecule has 0 bridgehead atoms. The molecule has 2 aromatic heterocycles. The highest BCUT2D eigenvalue weighted by atomic mass is 19.4. The van der Waals surface area contributed by atoms with Gasteiger partial charge in [0.2, 0.25) is 0 Å². The van der Waals surface area contributed by atoms with E-state index >= 15 is 0 Å². The quantitative estimate of drug-likeness (QED) is 0.286. The van der Waals surface area contributed by atoms with Crippen molar-refractivity contribution in [2.24, 2.45) is 0 Å². The summed E-state index contributed by atoms with van der Waals surface area (Å²) in [5.74, 6) is 0.985. The van der Waals surface area contributed by atoms with Crippen LogP contribution in [0.15, 0.2) is 121 Å². The Labute approximate surface area is 245 Å². The monoisotopic (exact) mass is 575 g/mol. The number of benzene rings is 1. The van der Waals surface area contributed by atoms with Crippen LogP contribution < -0.4 is 10.1 Å². The van der Waals surface area contributed by atoms with Crippen LogP contribution in [0.2, 0.25) is 0 Å². The van der Waals surface area contributed by atoms with Crippen LogP contribution in [0.5, 0.6) is 5.75 Å². The van der Waals surface area contributed by atoms with Crippen molar-refractivity contribution >= 4 is 17.3 Å². The molecule has 42 heavy (non-hydrogen) atoms. The smallest absolute Gasteiger partial charge is 0.412 e. The first-order chi connectivity index (χ1) is 20.1. The highest BCUT2D eigenvalue weighted by Crippen LogP contribution is 2.27.